The average molecular weight is 389 g/mol. The van der Waals surface area contributed by atoms with Gasteiger partial charge in [-0.15, -0.1) is 0 Å². The van der Waals surface area contributed by atoms with Crippen LogP contribution in [0.15, 0.2) is 60.8 Å². The van der Waals surface area contributed by atoms with Gasteiger partial charge in [0.1, 0.15) is 11.4 Å². The van der Waals surface area contributed by atoms with Crippen LogP contribution in [0.4, 0.5) is 19.1 Å². The maximum Gasteiger partial charge on any atom is 0.433 e. The Labute approximate surface area is 157 Å². The molecule has 0 aliphatic rings. The van der Waals surface area contributed by atoms with Crippen molar-refractivity contribution in [2.75, 3.05) is 5.32 Å². The molecule has 1 amide bonds. The lowest BCUT2D eigenvalue weighted by Gasteiger charge is -2.14. The van der Waals surface area contributed by atoms with Crippen LogP contribution in [0.25, 0.3) is 5.69 Å². The number of nitrogens with one attached hydrogen (secondary N) is 1. The van der Waals surface area contributed by atoms with E-state index in [1.54, 1.807) is 18.2 Å². The smallest absolute Gasteiger partial charge is 0.427 e. The minimum absolute atomic E-state index is 0.0925. The van der Waals surface area contributed by atoms with E-state index in [9.17, 15) is 22.8 Å². The molecule has 0 spiro atoms. The van der Waals surface area contributed by atoms with Crippen molar-refractivity contribution in [2.24, 2.45) is 0 Å². The van der Waals surface area contributed by atoms with Crippen LogP contribution in [-0.4, -0.2) is 21.4 Å². The van der Waals surface area contributed by atoms with Crippen LogP contribution in [0, 0.1) is 0 Å². The lowest BCUT2D eigenvalue weighted by Crippen LogP contribution is -2.18. The summed E-state index contributed by atoms with van der Waals surface area (Å²) in [4.78, 5) is 27.3. The third-order valence-electron chi connectivity index (χ3n) is 3.65. The molecule has 0 bridgehead atoms. The van der Waals surface area contributed by atoms with Gasteiger partial charge in [0, 0.05) is 18.2 Å². The summed E-state index contributed by atoms with van der Waals surface area (Å²) < 4.78 is 45.8. The number of anilines is 1. The average Bonchev–Trinajstić information content (AvgIpc) is 3.06. The Hall–Kier alpha value is -3.62. The Morgan fingerprint density at radius 3 is 2.43 bits per heavy atom. The highest BCUT2D eigenvalue weighted by atomic mass is 19.4. The molecular weight excluding hydrogens is 375 g/mol. The second-order valence-electron chi connectivity index (χ2n) is 5.71. The number of benzene rings is 2. The summed E-state index contributed by atoms with van der Waals surface area (Å²) in [7, 11) is 0. The lowest BCUT2D eigenvalue weighted by atomic mass is 10.2. The van der Waals surface area contributed by atoms with E-state index in [1.165, 1.54) is 43.3 Å². The molecule has 0 radical (unpaired) electrons. The molecule has 0 fully saturated rings. The van der Waals surface area contributed by atoms with E-state index in [2.05, 4.69) is 10.3 Å². The highest BCUT2D eigenvalue weighted by molar-refractivity contribution is 6.03. The van der Waals surface area contributed by atoms with Gasteiger partial charge in [0.2, 0.25) is 5.95 Å². The molecule has 0 saturated heterocycles. The third kappa shape index (κ3) is 4.20. The van der Waals surface area contributed by atoms with Crippen molar-refractivity contribution in [1.82, 2.24) is 9.55 Å². The number of para-hydroxylation sites is 1. The standard InChI is InChI=1S/C19H14F3N3O3/c1-12(26)28-15-9-5-6-13(10-15)17(27)24-18-23-11-16(19(20,21)22)25(18)14-7-3-2-4-8-14/h2-11H,1H3,(H,23,24,27). The van der Waals surface area contributed by atoms with Crippen LogP contribution < -0.4 is 10.1 Å². The summed E-state index contributed by atoms with van der Waals surface area (Å²) in [5.74, 6) is -1.42. The van der Waals surface area contributed by atoms with Crippen LogP contribution in [0.5, 0.6) is 5.75 Å². The summed E-state index contributed by atoms with van der Waals surface area (Å²) in [6.45, 7) is 1.21. The first kappa shape index (κ1) is 19.2. The predicted molar refractivity (Wildman–Crippen MR) is 94.3 cm³/mol. The van der Waals surface area contributed by atoms with Gasteiger partial charge in [-0.1, -0.05) is 24.3 Å². The summed E-state index contributed by atoms with van der Waals surface area (Å²) in [6, 6.07) is 13.4. The first-order valence-electron chi connectivity index (χ1n) is 8.06. The van der Waals surface area contributed by atoms with Crippen molar-refractivity contribution in [3.05, 3.63) is 72.1 Å². The zero-order valence-electron chi connectivity index (χ0n) is 14.5. The molecule has 6 nitrogen and oxygen atoms in total. The molecule has 1 heterocycles. The molecular formula is C19H14F3N3O3. The number of rotatable bonds is 4. The fourth-order valence-corrected chi connectivity index (χ4v) is 2.52. The number of carbonyl (C=O) groups is 2. The molecule has 144 valence electrons. The maximum absolute atomic E-state index is 13.4. The number of esters is 1. The summed E-state index contributed by atoms with van der Waals surface area (Å²) in [5.41, 5.74) is -0.742. The van der Waals surface area contributed by atoms with E-state index in [0.717, 1.165) is 4.57 Å². The van der Waals surface area contributed by atoms with Gasteiger partial charge in [0.05, 0.1) is 6.20 Å². The zero-order chi connectivity index (χ0) is 20.3. The maximum atomic E-state index is 13.4. The van der Waals surface area contributed by atoms with E-state index in [-0.39, 0.29) is 22.9 Å². The van der Waals surface area contributed by atoms with Crippen LogP contribution in [0.1, 0.15) is 23.0 Å². The number of hydrogen-bond donors (Lipinski definition) is 1. The first-order valence-corrected chi connectivity index (χ1v) is 8.06. The minimum atomic E-state index is -4.67. The minimum Gasteiger partial charge on any atom is -0.427 e. The molecule has 0 saturated carbocycles. The monoisotopic (exact) mass is 389 g/mol. The molecule has 28 heavy (non-hydrogen) atoms. The largest absolute Gasteiger partial charge is 0.433 e. The zero-order valence-corrected chi connectivity index (χ0v) is 14.5. The van der Waals surface area contributed by atoms with Gasteiger partial charge in [-0.05, 0) is 30.3 Å². The number of ether oxygens (including phenoxy) is 1. The van der Waals surface area contributed by atoms with Gasteiger partial charge in [-0.3, -0.25) is 19.5 Å². The van der Waals surface area contributed by atoms with Crippen molar-refractivity contribution in [3.63, 3.8) is 0 Å². The molecule has 1 aromatic heterocycles. The van der Waals surface area contributed by atoms with E-state index in [1.807, 2.05) is 0 Å². The van der Waals surface area contributed by atoms with Crippen molar-refractivity contribution in [3.8, 4) is 11.4 Å². The number of hydrogen-bond acceptors (Lipinski definition) is 4. The van der Waals surface area contributed by atoms with Gasteiger partial charge in [0.15, 0.2) is 0 Å². The van der Waals surface area contributed by atoms with Crippen molar-refractivity contribution < 1.29 is 27.5 Å². The Morgan fingerprint density at radius 1 is 1.07 bits per heavy atom. The van der Waals surface area contributed by atoms with Gasteiger partial charge in [-0.2, -0.15) is 13.2 Å². The normalized spacial score (nSPS) is 11.1. The number of amides is 1. The van der Waals surface area contributed by atoms with Crippen molar-refractivity contribution in [2.45, 2.75) is 13.1 Å². The number of halogens is 3. The lowest BCUT2D eigenvalue weighted by molar-refractivity contribution is -0.142. The summed E-state index contributed by atoms with van der Waals surface area (Å²) in [6.07, 6.45) is -4.01. The van der Waals surface area contributed by atoms with Gasteiger partial charge in [-0.25, -0.2) is 4.98 Å². The predicted octanol–water partition coefficient (Wildman–Crippen LogP) is 4.07. The fraction of sp³-hybridized carbons (Fsp3) is 0.105. The molecule has 0 aliphatic heterocycles. The highest BCUT2D eigenvalue weighted by Gasteiger charge is 2.36. The molecule has 9 heteroatoms. The van der Waals surface area contributed by atoms with Crippen LogP contribution in [0.3, 0.4) is 0 Å². The van der Waals surface area contributed by atoms with Crippen molar-refractivity contribution >= 4 is 17.8 Å². The van der Waals surface area contributed by atoms with Gasteiger partial charge >= 0.3 is 12.1 Å². The van der Waals surface area contributed by atoms with Crippen LogP contribution in [-0.2, 0) is 11.0 Å². The summed E-state index contributed by atoms with van der Waals surface area (Å²) >= 11 is 0. The number of nitrogens with zero attached hydrogens (tertiary/aromatic N) is 2. The quantitative estimate of drug-likeness (QED) is 0.539. The molecule has 0 aliphatic carbocycles. The topological polar surface area (TPSA) is 73.2 Å². The van der Waals surface area contributed by atoms with Crippen LogP contribution in [0.2, 0.25) is 0 Å². The van der Waals surface area contributed by atoms with Crippen LogP contribution >= 0.6 is 0 Å². The summed E-state index contributed by atoms with van der Waals surface area (Å²) in [5, 5.41) is 2.37. The Morgan fingerprint density at radius 2 is 1.79 bits per heavy atom. The van der Waals surface area contributed by atoms with Crippen molar-refractivity contribution in [1.29, 1.82) is 0 Å². The number of carbonyl (C=O) groups excluding carboxylic acids is 2. The first-order chi connectivity index (χ1) is 13.3. The van der Waals surface area contributed by atoms with Gasteiger partial charge in [0.25, 0.3) is 5.91 Å². The van der Waals surface area contributed by atoms with E-state index < -0.39 is 23.7 Å². The number of imidazole rings is 1. The molecule has 2 aromatic carbocycles. The van der Waals surface area contributed by atoms with E-state index in [4.69, 9.17) is 4.74 Å². The Balaban J connectivity index is 1.96. The number of alkyl halides is 3. The van der Waals surface area contributed by atoms with E-state index >= 15 is 0 Å². The van der Waals surface area contributed by atoms with Gasteiger partial charge < -0.3 is 4.74 Å². The Bertz CT molecular complexity index is 1010. The second kappa shape index (κ2) is 7.55. The Kier molecular flexibility index (Phi) is 5.16. The third-order valence-corrected chi connectivity index (χ3v) is 3.65. The molecule has 0 atom stereocenters. The fourth-order valence-electron chi connectivity index (χ4n) is 2.52. The highest BCUT2D eigenvalue weighted by Crippen LogP contribution is 2.33. The number of aromatic nitrogens is 2. The molecule has 3 aromatic rings. The molecule has 0 unspecified atom stereocenters. The molecule has 3 rings (SSSR count). The van der Waals surface area contributed by atoms with E-state index in [0.29, 0.717) is 6.20 Å². The SMILES string of the molecule is CC(=O)Oc1cccc(C(=O)Nc2ncc(C(F)(F)F)n2-c2ccccc2)c1. The second-order valence-corrected chi connectivity index (χ2v) is 5.71. The molecule has 1 N–H and O–H groups in total.